The van der Waals surface area contributed by atoms with Crippen LogP contribution in [0.4, 0.5) is 0 Å². The standard InChI is InChI=1S/C15H21N3O2/c1-10(2)14(15(19)20)18-12-8-6-5-7-11(12)16-13(18)9-17(3)4/h5-8,10,14H,9H2,1-4H3,(H,19,20). The number of hydrogen-bond donors (Lipinski definition) is 1. The Kier molecular flexibility index (Phi) is 4.09. The number of aliphatic carboxylic acids is 1. The van der Waals surface area contributed by atoms with Crippen LogP contribution in [0.25, 0.3) is 11.0 Å². The van der Waals surface area contributed by atoms with E-state index in [2.05, 4.69) is 4.98 Å². The van der Waals surface area contributed by atoms with Crippen LogP contribution in [-0.4, -0.2) is 39.6 Å². The molecule has 0 spiro atoms. The average Bonchev–Trinajstić information content (AvgIpc) is 2.66. The van der Waals surface area contributed by atoms with E-state index in [0.717, 1.165) is 16.9 Å². The summed E-state index contributed by atoms with van der Waals surface area (Å²) in [6, 6.07) is 7.09. The van der Waals surface area contributed by atoms with Gasteiger partial charge in [-0.15, -0.1) is 0 Å². The summed E-state index contributed by atoms with van der Waals surface area (Å²) >= 11 is 0. The number of aromatic nitrogens is 2. The molecule has 2 aromatic rings. The number of hydrogen-bond acceptors (Lipinski definition) is 3. The quantitative estimate of drug-likeness (QED) is 0.910. The topological polar surface area (TPSA) is 58.4 Å². The van der Waals surface area contributed by atoms with Crippen molar-refractivity contribution in [2.45, 2.75) is 26.4 Å². The van der Waals surface area contributed by atoms with Crippen molar-refractivity contribution in [3.63, 3.8) is 0 Å². The van der Waals surface area contributed by atoms with E-state index in [1.54, 1.807) is 0 Å². The highest BCUT2D eigenvalue weighted by molar-refractivity contribution is 5.80. The molecule has 0 fully saturated rings. The van der Waals surface area contributed by atoms with Gasteiger partial charge in [0, 0.05) is 0 Å². The van der Waals surface area contributed by atoms with Crippen molar-refractivity contribution >= 4 is 17.0 Å². The molecule has 2 rings (SSSR count). The minimum atomic E-state index is -0.817. The molecule has 1 aromatic heterocycles. The molecule has 1 N–H and O–H groups in total. The first kappa shape index (κ1) is 14.5. The number of para-hydroxylation sites is 2. The maximum Gasteiger partial charge on any atom is 0.327 e. The molecule has 5 heteroatoms. The second-order valence-electron chi connectivity index (χ2n) is 5.65. The molecule has 1 unspecified atom stereocenters. The van der Waals surface area contributed by atoms with Gasteiger partial charge in [0.05, 0.1) is 17.6 Å². The first-order valence-corrected chi connectivity index (χ1v) is 6.75. The van der Waals surface area contributed by atoms with Gasteiger partial charge in [0.2, 0.25) is 0 Å². The number of rotatable bonds is 5. The van der Waals surface area contributed by atoms with Crippen LogP contribution in [0.3, 0.4) is 0 Å². The smallest absolute Gasteiger partial charge is 0.327 e. The first-order chi connectivity index (χ1) is 9.41. The lowest BCUT2D eigenvalue weighted by Gasteiger charge is -2.22. The first-order valence-electron chi connectivity index (χ1n) is 6.75. The summed E-state index contributed by atoms with van der Waals surface area (Å²) in [5.74, 6) is -0.0357. The number of carbonyl (C=O) groups is 1. The predicted molar refractivity (Wildman–Crippen MR) is 78.6 cm³/mol. The molecule has 1 atom stereocenters. The molecule has 20 heavy (non-hydrogen) atoms. The molecule has 0 aliphatic heterocycles. The molecule has 0 saturated heterocycles. The highest BCUT2D eigenvalue weighted by atomic mass is 16.4. The Morgan fingerprint density at radius 2 is 2.00 bits per heavy atom. The second-order valence-corrected chi connectivity index (χ2v) is 5.65. The Morgan fingerprint density at radius 1 is 1.35 bits per heavy atom. The van der Waals surface area contributed by atoms with Crippen molar-refractivity contribution in [2.75, 3.05) is 14.1 Å². The summed E-state index contributed by atoms with van der Waals surface area (Å²) in [6.45, 7) is 4.46. The number of carboxylic acids is 1. The monoisotopic (exact) mass is 275 g/mol. The van der Waals surface area contributed by atoms with Gasteiger partial charge in [-0.1, -0.05) is 26.0 Å². The van der Waals surface area contributed by atoms with Gasteiger partial charge in [-0.05, 0) is 32.1 Å². The lowest BCUT2D eigenvalue weighted by Crippen LogP contribution is -2.27. The normalized spacial score (nSPS) is 13.3. The SMILES string of the molecule is CC(C)C(C(=O)O)n1c(CN(C)C)nc2ccccc21. The highest BCUT2D eigenvalue weighted by Gasteiger charge is 2.28. The fourth-order valence-corrected chi connectivity index (χ4v) is 2.49. The zero-order valence-electron chi connectivity index (χ0n) is 12.4. The van der Waals surface area contributed by atoms with Gasteiger partial charge in [-0.25, -0.2) is 9.78 Å². The average molecular weight is 275 g/mol. The van der Waals surface area contributed by atoms with Gasteiger partial charge in [0.25, 0.3) is 0 Å². The summed E-state index contributed by atoms with van der Waals surface area (Å²) < 4.78 is 1.86. The highest BCUT2D eigenvalue weighted by Crippen LogP contribution is 2.27. The van der Waals surface area contributed by atoms with Crippen LogP contribution in [0.1, 0.15) is 25.7 Å². The van der Waals surface area contributed by atoms with Crippen molar-refractivity contribution in [3.05, 3.63) is 30.1 Å². The summed E-state index contributed by atoms with van der Waals surface area (Å²) in [6.07, 6.45) is 0. The van der Waals surface area contributed by atoms with E-state index < -0.39 is 12.0 Å². The minimum Gasteiger partial charge on any atom is -0.480 e. The third-order valence-electron chi connectivity index (χ3n) is 3.29. The zero-order valence-corrected chi connectivity index (χ0v) is 12.4. The van der Waals surface area contributed by atoms with Crippen LogP contribution in [0, 0.1) is 5.92 Å². The predicted octanol–water partition coefficient (Wildman–Crippen LogP) is 2.38. The summed E-state index contributed by atoms with van der Waals surface area (Å²) in [4.78, 5) is 18.3. The number of carboxylic acid groups (broad SMARTS) is 1. The maximum absolute atomic E-state index is 11.7. The number of nitrogens with zero attached hydrogens (tertiary/aromatic N) is 3. The van der Waals surface area contributed by atoms with Crippen LogP contribution in [-0.2, 0) is 11.3 Å². The fraction of sp³-hybridized carbons (Fsp3) is 0.467. The van der Waals surface area contributed by atoms with Crippen LogP contribution in [0.5, 0.6) is 0 Å². The Hall–Kier alpha value is -1.88. The van der Waals surface area contributed by atoms with Gasteiger partial charge in [-0.3, -0.25) is 0 Å². The summed E-state index contributed by atoms with van der Waals surface area (Å²) in [5, 5.41) is 9.57. The molecule has 0 radical (unpaired) electrons. The van der Waals surface area contributed by atoms with Gasteiger partial charge in [-0.2, -0.15) is 0 Å². The van der Waals surface area contributed by atoms with Gasteiger partial charge in [0.1, 0.15) is 11.9 Å². The van der Waals surface area contributed by atoms with Crippen LogP contribution < -0.4 is 0 Å². The van der Waals surface area contributed by atoms with Crippen LogP contribution >= 0.6 is 0 Å². The Morgan fingerprint density at radius 3 is 2.55 bits per heavy atom. The van der Waals surface area contributed by atoms with Crippen molar-refractivity contribution in [2.24, 2.45) is 5.92 Å². The molecule has 1 aromatic carbocycles. The van der Waals surface area contributed by atoms with Crippen molar-refractivity contribution in [3.8, 4) is 0 Å². The number of imidazole rings is 1. The zero-order chi connectivity index (χ0) is 14.9. The Balaban J connectivity index is 2.66. The minimum absolute atomic E-state index is 0.00832. The molecule has 0 aliphatic rings. The fourth-order valence-electron chi connectivity index (χ4n) is 2.49. The second kappa shape index (κ2) is 5.63. The van der Waals surface area contributed by atoms with Gasteiger partial charge < -0.3 is 14.6 Å². The van der Waals surface area contributed by atoms with E-state index in [-0.39, 0.29) is 5.92 Å². The van der Waals surface area contributed by atoms with Crippen LogP contribution in [0.15, 0.2) is 24.3 Å². The molecule has 108 valence electrons. The maximum atomic E-state index is 11.7. The van der Waals surface area contributed by atoms with Crippen molar-refractivity contribution in [1.29, 1.82) is 0 Å². The summed E-state index contributed by atoms with van der Waals surface area (Å²) in [7, 11) is 3.91. The third-order valence-corrected chi connectivity index (χ3v) is 3.29. The van der Waals surface area contributed by atoms with Crippen LogP contribution in [0.2, 0.25) is 0 Å². The van der Waals surface area contributed by atoms with Crippen molar-refractivity contribution < 1.29 is 9.90 Å². The lowest BCUT2D eigenvalue weighted by molar-refractivity contribution is -0.142. The third kappa shape index (κ3) is 2.67. The molecule has 0 bridgehead atoms. The Labute approximate surface area is 118 Å². The van der Waals surface area contributed by atoms with Crippen molar-refractivity contribution in [1.82, 2.24) is 14.5 Å². The van der Waals surface area contributed by atoms with E-state index in [1.165, 1.54) is 0 Å². The van der Waals surface area contributed by atoms with E-state index in [4.69, 9.17) is 0 Å². The molecular formula is C15H21N3O2. The molecule has 1 heterocycles. The molecule has 0 saturated carbocycles. The lowest BCUT2D eigenvalue weighted by atomic mass is 10.0. The number of fused-ring (bicyclic) bond motifs is 1. The molecular weight excluding hydrogens is 254 g/mol. The number of benzene rings is 1. The Bertz CT molecular complexity index is 617. The van der Waals surface area contributed by atoms with E-state index in [1.807, 2.05) is 61.7 Å². The molecule has 0 amide bonds. The van der Waals surface area contributed by atoms with E-state index in [0.29, 0.717) is 6.54 Å². The molecule has 0 aliphatic carbocycles. The van der Waals surface area contributed by atoms with E-state index in [9.17, 15) is 9.90 Å². The molecule has 5 nitrogen and oxygen atoms in total. The van der Waals surface area contributed by atoms with Gasteiger partial charge >= 0.3 is 5.97 Å². The van der Waals surface area contributed by atoms with Gasteiger partial charge in [0.15, 0.2) is 0 Å². The van der Waals surface area contributed by atoms with E-state index >= 15 is 0 Å². The summed E-state index contributed by atoms with van der Waals surface area (Å²) in [5.41, 5.74) is 1.72. The largest absolute Gasteiger partial charge is 0.480 e.